The molecule has 2 aromatic carbocycles. The summed E-state index contributed by atoms with van der Waals surface area (Å²) in [7, 11) is 1.66. The number of hydrogen-bond donors (Lipinski definition) is 1. The first-order chi connectivity index (χ1) is 11.1. The van der Waals surface area contributed by atoms with Gasteiger partial charge in [0, 0.05) is 13.7 Å². The number of nitrogens with one attached hydrogen (secondary N) is 1. The maximum atomic E-state index is 12.0. The molecule has 1 amide bonds. The Labute approximate surface area is 137 Å². The van der Waals surface area contributed by atoms with E-state index in [9.17, 15) is 4.79 Å². The van der Waals surface area contributed by atoms with Crippen LogP contribution in [-0.4, -0.2) is 19.6 Å². The van der Waals surface area contributed by atoms with Crippen molar-refractivity contribution in [1.82, 2.24) is 5.32 Å². The standard InChI is InChI=1S/C19H23NO3/c1-14-8-9-15(2)18(10-14)23-13-19(21)20-11-16-6-4-5-7-17(16)12-22-3/h4-10H,11-13H2,1-3H3,(H,20,21). The van der Waals surface area contributed by atoms with Gasteiger partial charge in [-0.05, 0) is 42.2 Å². The molecule has 0 heterocycles. The average Bonchev–Trinajstić information content (AvgIpc) is 2.55. The highest BCUT2D eigenvalue weighted by Gasteiger charge is 2.07. The second kappa shape index (κ2) is 8.34. The van der Waals surface area contributed by atoms with Crippen molar-refractivity contribution >= 4 is 5.91 Å². The van der Waals surface area contributed by atoms with Crippen molar-refractivity contribution in [3.8, 4) is 5.75 Å². The summed E-state index contributed by atoms with van der Waals surface area (Å²) in [5, 5.41) is 2.88. The molecule has 23 heavy (non-hydrogen) atoms. The molecule has 0 bridgehead atoms. The van der Waals surface area contributed by atoms with Gasteiger partial charge >= 0.3 is 0 Å². The highest BCUT2D eigenvalue weighted by molar-refractivity contribution is 5.77. The molecular formula is C19H23NO3. The third-order valence-electron chi connectivity index (χ3n) is 3.60. The van der Waals surface area contributed by atoms with Crippen molar-refractivity contribution in [2.24, 2.45) is 0 Å². The van der Waals surface area contributed by atoms with Crippen molar-refractivity contribution in [2.75, 3.05) is 13.7 Å². The van der Waals surface area contributed by atoms with Gasteiger partial charge in [-0.3, -0.25) is 4.79 Å². The Morgan fingerprint density at radius 3 is 2.57 bits per heavy atom. The van der Waals surface area contributed by atoms with Gasteiger partial charge in [-0.25, -0.2) is 0 Å². The van der Waals surface area contributed by atoms with Crippen LogP contribution in [0.25, 0.3) is 0 Å². The molecule has 2 aromatic rings. The summed E-state index contributed by atoms with van der Waals surface area (Å²) in [6.07, 6.45) is 0. The molecular weight excluding hydrogens is 290 g/mol. The Hall–Kier alpha value is -2.33. The minimum atomic E-state index is -0.141. The first kappa shape index (κ1) is 17.0. The van der Waals surface area contributed by atoms with Gasteiger partial charge in [0.15, 0.2) is 6.61 Å². The predicted molar refractivity (Wildman–Crippen MR) is 90.4 cm³/mol. The van der Waals surface area contributed by atoms with Crippen LogP contribution in [-0.2, 0) is 22.7 Å². The second-order valence-corrected chi connectivity index (χ2v) is 5.54. The molecule has 0 atom stereocenters. The predicted octanol–water partition coefficient (Wildman–Crippen LogP) is 3.15. The zero-order valence-electron chi connectivity index (χ0n) is 13.9. The first-order valence-electron chi connectivity index (χ1n) is 7.62. The van der Waals surface area contributed by atoms with E-state index >= 15 is 0 Å². The average molecular weight is 313 g/mol. The second-order valence-electron chi connectivity index (χ2n) is 5.54. The lowest BCUT2D eigenvalue weighted by Gasteiger charge is -2.12. The van der Waals surface area contributed by atoms with Crippen LogP contribution >= 0.6 is 0 Å². The van der Waals surface area contributed by atoms with Crippen molar-refractivity contribution in [1.29, 1.82) is 0 Å². The number of hydrogen-bond acceptors (Lipinski definition) is 3. The lowest BCUT2D eigenvalue weighted by molar-refractivity contribution is -0.123. The Kier molecular flexibility index (Phi) is 6.18. The van der Waals surface area contributed by atoms with Gasteiger partial charge in [0.2, 0.25) is 0 Å². The van der Waals surface area contributed by atoms with Crippen molar-refractivity contribution in [3.63, 3.8) is 0 Å². The molecule has 0 saturated heterocycles. The molecule has 0 aliphatic carbocycles. The fraction of sp³-hybridized carbons (Fsp3) is 0.316. The number of benzene rings is 2. The summed E-state index contributed by atoms with van der Waals surface area (Å²) >= 11 is 0. The van der Waals surface area contributed by atoms with Gasteiger partial charge in [0.25, 0.3) is 5.91 Å². The van der Waals surface area contributed by atoms with Gasteiger partial charge in [0.1, 0.15) is 5.75 Å². The van der Waals surface area contributed by atoms with Crippen LogP contribution in [0, 0.1) is 13.8 Å². The molecule has 1 N–H and O–H groups in total. The van der Waals surface area contributed by atoms with Gasteiger partial charge in [-0.1, -0.05) is 36.4 Å². The van der Waals surface area contributed by atoms with E-state index in [1.165, 1.54) is 0 Å². The summed E-state index contributed by atoms with van der Waals surface area (Å²) in [6.45, 7) is 4.98. The summed E-state index contributed by atoms with van der Waals surface area (Å²) in [5.41, 5.74) is 4.26. The van der Waals surface area contributed by atoms with E-state index in [0.29, 0.717) is 13.2 Å². The maximum absolute atomic E-state index is 12.0. The molecule has 0 saturated carbocycles. The molecule has 0 aliphatic rings. The minimum Gasteiger partial charge on any atom is -0.483 e. The number of rotatable bonds is 7. The number of amides is 1. The fourth-order valence-corrected chi connectivity index (χ4v) is 2.28. The molecule has 0 aromatic heterocycles. The molecule has 4 heteroatoms. The summed E-state index contributed by atoms with van der Waals surface area (Å²) < 4.78 is 10.8. The third kappa shape index (κ3) is 5.11. The Morgan fingerprint density at radius 1 is 1.09 bits per heavy atom. The third-order valence-corrected chi connectivity index (χ3v) is 3.60. The van der Waals surface area contributed by atoms with Gasteiger partial charge < -0.3 is 14.8 Å². The summed E-state index contributed by atoms with van der Waals surface area (Å²) in [6, 6.07) is 13.9. The Bertz CT molecular complexity index is 667. The molecule has 0 unspecified atom stereocenters. The van der Waals surface area contributed by atoms with E-state index < -0.39 is 0 Å². The van der Waals surface area contributed by atoms with Gasteiger partial charge in [-0.15, -0.1) is 0 Å². The zero-order chi connectivity index (χ0) is 16.7. The quantitative estimate of drug-likeness (QED) is 0.854. The number of carbonyl (C=O) groups is 1. The van der Waals surface area contributed by atoms with E-state index in [0.717, 1.165) is 28.0 Å². The largest absolute Gasteiger partial charge is 0.483 e. The van der Waals surface area contributed by atoms with Crippen LogP contribution in [0.1, 0.15) is 22.3 Å². The Balaban J connectivity index is 1.87. The van der Waals surface area contributed by atoms with E-state index in [-0.39, 0.29) is 12.5 Å². The van der Waals surface area contributed by atoms with Crippen LogP contribution in [0.15, 0.2) is 42.5 Å². The molecule has 4 nitrogen and oxygen atoms in total. The lowest BCUT2D eigenvalue weighted by atomic mass is 10.1. The first-order valence-corrected chi connectivity index (χ1v) is 7.62. The number of aryl methyl sites for hydroxylation is 2. The molecule has 122 valence electrons. The van der Waals surface area contributed by atoms with Crippen molar-refractivity contribution < 1.29 is 14.3 Å². The van der Waals surface area contributed by atoms with E-state index in [1.54, 1.807) is 7.11 Å². The number of methoxy groups -OCH3 is 1. The molecule has 0 spiro atoms. The minimum absolute atomic E-state index is 0.0107. The van der Waals surface area contributed by atoms with Gasteiger partial charge in [0.05, 0.1) is 6.61 Å². The highest BCUT2D eigenvalue weighted by atomic mass is 16.5. The number of ether oxygens (including phenoxy) is 2. The topological polar surface area (TPSA) is 47.6 Å². The van der Waals surface area contributed by atoms with Crippen LogP contribution in [0.2, 0.25) is 0 Å². The van der Waals surface area contributed by atoms with Gasteiger partial charge in [-0.2, -0.15) is 0 Å². The summed E-state index contributed by atoms with van der Waals surface area (Å²) in [4.78, 5) is 12.0. The molecule has 2 rings (SSSR count). The van der Waals surface area contributed by atoms with Crippen LogP contribution < -0.4 is 10.1 Å². The van der Waals surface area contributed by atoms with Crippen LogP contribution in [0.5, 0.6) is 5.75 Å². The fourth-order valence-electron chi connectivity index (χ4n) is 2.28. The van der Waals surface area contributed by atoms with Crippen molar-refractivity contribution in [3.05, 3.63) is 64.7 Å². The molecule has 0 radical (unpaired) electrons. The van der Waals surface area contributed by atoms with Crippen LogP contribution in [0.3, 0.4) is 0 Å². The van der Waals surface area contributed by atoms with Crippen molar-refractivity contribution in [2.45, 2.75) is 27.0 Å². The van der Waals surface area contributed by atoms with E-state index in [4.69, 9.17) is 9.47 Å². The Morgan fingerprint density at radius 2 is 1.83 bits per heavy atom. The van der Waals surface area contributed by atoms with Crippen LogP contribution in [0.4, 0.5) is 0 Å². The SMILES string of the molecule is COCc1ccccc1CNC(=O)COc1cc(C)ccc1C. The normalized spacial score (nSPS) is 10.4. The molecule has 0 fully saturated rings. The summed E-state index contributed by atoms with van der Waals surface area (Å²) in [5.74, 6) is 0.609. The highest BCUT2D eigenvalue weighted by Crippen LogP contribution is 2.18. The monoisotopic (exact) mass is 313 g/mol. The zero-order valence-corrected chi connectivity index (χ0v) is 13.9. The lowest BCUT2D eigenvalue weighted by Crippen LogP contribution is -2.28. The van der Waals surface area contributed by atoms with E-state index in [1.807, 2.05) is 56.3 Å². The molecule has 0 aliphatic heterocycles. The van der Waals surface area contributed by atoms with E-state index in [2.05, 4.69) is 5.32 Å². The number of carbonyl (C=O) groups excluding carboxylic acids is 1. The maximum Gasteiger partial charge on any atom is 0.258 e. The smallest absolute Gasteiger partial charge is 0.258 e.